The van der Waals surface area contributed by atoms with Crippen LogP contribution in [0.25, 0.3) is 10.8 Å². The molecule has 0 spiro atoms. The van der Waals surface area contributed by atoms with E-state index in [4.69, 9.17) is 21.0 Å². The van der Waals surface area contributed by atoms with Crippen LogP contribution in [0.2, 0.25) is 0 Å². The van der Waals surface area contributed by atoms with Gasteiger partial charge in [-0.1, -0.05) is 30.3 Å². The van der Waals surface area contributed by atoms with Crippen LogP contribution in [0, 0.1) is 0 Å². The number of aliphatic imine (C=N–C) groups is 2. The average molecular weight is 364 g/mol. The summed E-state index contributed by atoms with van der Waals surface area (Å²) in [5.41, 5.74) is 11.8. The Balaban J connectivity index is 0.00000225. The Kier molecular flexibility index (Phi) is 5.39. The van der Waals surface area contributed by atoms with Crippen molar-refractivity contribution in [1.82, 2.24) is 5.06 Å². The Hall–Kier alpha value is -2.51. The number of nitrogens with two attached hydrogens (primary N) is 2. The number of hydroxylamine groups is 2. The summed E-state index contributed by atoms with van der Waals surface area (Å²) in [4.78, 5) is 14.2. The molecule has 0 atom stereocenters. The maximum atomic E-state index is 5.95. The molecule has 7 nitrogen and oxygen atoms in total. The summed E-state index contributed by atoms with van der Waals surface area (Å²) >= 11 is 0. The van der Waals surface area contributed by atoms with E-state index in [0.717, 1.165) is 22.1 Å². The molecule has 0 saturated heterocycles. The number of hydrogen-bond donors (Lipinski definition) is 2. The van der Waals surface area contributed by atoms with Crippen molar-refractivity contribution in [3.05, 3.63) is 42.0 Å². The molecule has 0 saturated carbocycles. The molecule has 0 radical (unpaired) electrons. The highest BCUT2D eigenvalue weighted by molar-refractivity contribution is 5.95. The first-order chi connectivity index (χ1) is 11.4. The van der Waals surface area contributed by atoms with Gasteiger partial charge in [0.1, 0.15) is 12.4 Å². The lowest BCUT2D eigenvalue weighted by molar-refractivity contribution is -0.166. The molecule has 2 aromatic carbocycles. The third-order valence-corrected chi connectivity index (χ3v) is 3.88. The van der Waals surface area contributed by atoms with Crippen molar-refractivity contribution in [2.24, 2.45) is 21.5 Å². The van der Waals surface area contributed by atoms with Crippen LogP contribution >= 0.6 is 12.4 Å². The van der Waals surface area contributed by atoms with Crippen molar-refractivity contribution < 1.29 is 9.57 Å². The van der Waals surface area contributed by atoms with Gasteiger partial charge in [0.2, 0.25) is 11.9 Å². The second kappa shape index (κ2) is 7.16. The van der Waals surface area contributed by atoms with Crippen molar-refractivity contribution in [2.45, 2.75) is 26.1 Å². The van der Waals surface area contributed by atoms with Crippen LogP contribution in [-0.4, -0.2) is 29.8 Å². The van der Waals surface area contributed by atoms with Gasteiger partial charge in [0, 0.05) is 5.56 Å². The van der Waals surface area contributed by atoms with Crippen LogP contribution in [0.15, 0.2) is 46.4 Å². The largest absolute Gasteiger partial charge is 0.496 e. The van der Waals surface area contributed by atoms with E-state index in [0.29, 0.717) is 0 Å². The number of nitrogens with zero attached hydrogens (tertiary/aromatic N) is 3. The number of rotatable bonds is 4. The maximum Gasteiger partial charge on any atom is 0.226 e. The zero-order chi connectivity index (χ0) is 17.3. The van der Waals surface area contributed by atoms with Crippen LogP contribution in [-0.2, 0) is 11.4 Å². The highest BCUT2D eigenvalue weighted by Gasteiger charge is 2.33. The molecule has 0 unspecified atom stereocenters. The molecule has 0 aliphatic carbocycles. The van der Waals surface area contributed by atoms with Crippen molar-refractivity contribution in [3.63, 3.8) is 0 Å². The van der Waals surface area contributed by atoms with Gasteiger partial charge in [-0.05, 0) is 30.7 Å². The van der Waals surface area contributed by atoms with E-state index in [2.05, 4.69) is 9.98 Å². The van der Waals surface area contributed by atoms with Gasteiger partial charge in [-0.25, -0.2) is 4.99 Å². The fourth-order valence-corrected chi connectivity index (χ4v) is 2.80. The highest BCUT2D eigenvalue weighted by atomic mass is 35.5. The third kappa shape index (κ3) is 3.62. The summed E-state index contributed by atoms with van der Waals surface area (Å²) < 4.78 is 5.48. The smallest absolute Gasteiger partial charge is 0.226 e. The summed E-state index contributed by atoms with van der Waals surface area (Å²) in [6.07, 6.45) is 0. The fourth-order valence-electron chi connectivity index (χ4n) is 2.80. The summed E-state index contributed by atoms with van der Waals surface area (Å²) in [7, 11) is 1.64. The van der Waals surface area contributed by atoms with Crippen LogP contribution in [0.1, 0.15) is 19.4 Å². The molecule has 1 aliphatic rings. The lowest BCUT2D eigenvalue weighted by Crippen LogP contribution is -2.53. The average Bonchev–Trinajstić information content (AvgIpc) is 2.53. The van der Waals surface area contributed by atoms with Gasteiger partial charge in [-0.3, -0.25) is 4.84 Å². The number of guanidine groups is 2. The standard InChI is InChI=1S/C17H21N5O2.ClH/c1-17(2)21-15(18)20-16(19)22(17)24-10-13-12-7-5-4-6-11(12)8-9-14(13)23-3;/h4-9H,10H2,1-3H3,(H4,18,19,20,21);1H. The first kappa shape index (κ1) is 18.8. The van der Waals surface area contributed by atoms with Gasteiger partial charge in [-0.2, -0.15) is 10.1 Å². The number of fused-ring (bicyclic) bond motifs is 1. The minimum atomic E-state index is -0.742. The molecule has 3 rings (SSSR count). The van der Waals surface area contributed by atoms with E-state index in [1.807, 2.05) is 50.2 Å². The van der Waals surface area contributed by atoms with E-state index in [1.54, 1.807) is 7.11 Å². The van der Waals surface area contributed by atoms with Crippen LogP contribution in [0.3, 0.4) is 0 Å². The molecule has 8 heteroatoms. The number of benzene rings is 2. The quantitative estimate of drug-likeness (QED) is 0.868. The van der Waals surface area contributed by atoms with Gasteiger partial charge in [0.15, 0.2) is 5.66 Å². The second-order valence-electron chi connectivity index (χ2n) is 5.97. The van der Waals surface area contributed by atoms with E-state index in [-0.39, 0.29) is 30.9 Å². The summed E-state index contributed by atoms with van der Waals surface area (Å²) in [5, 5.41) is 3.63. The lowest BCUT2D eigenvalue weighted by Gasteiger charge is -2.36. The number of ether oxygens (including phenoxy) is 1. The molecule has 4 N–H and O–H groups in total. The molecular weight excluding hydrogens is 342 g/mol. The highest BCUT2D eigenvalue weighted by Crippen LogP contribution is 2.30. The molecule has 0 amide bonds. The number of hydrogen-bond acceptors (Lipinski definition) is 7. The molecule has 1 heterocycles. The molecule has 1 aliphatic heterocycles. The van der Waals surface area contributed by atoms with Crippen molar-refractivity contribution >= 4 is 35.1 Å². The van der Waals surface area contributed by atoms with Gasteiger partial charge in [0.05, 0.1) is 7.11 Å². The van der Waals surface area contributed by atoms with E-state index >= 15 is 0 Å². The van der Waals surface area contributed by atoms with Crippen LogP contribution in [0.5, 0.6) is 5.75 Å². The summed E-state index contributed by atoms with van der Waals surface area (Å²) in [5.74, 6) is 1.06. The topological polar surface area (TPSA) is 98.5 Å². The number of halogens is 1. The van der Waals surface area contributed by atoms with Gasteiger partial charge in [-0.15, -0.1) is 12.4 Å². The Bertz CT molecular complexity index is 835. The van der Waals surface area contributed by atoms with E-state index < -0.39 is 5.66 Å². The van der Waals surface area contributed by atoms with Crippen LogP contribution < -0.4 is 16.2 Å². The van der Waals surface area contributed by atoms with Gasteiger partial charge in [0.25, 0.3) is 0 Å². The maximum absolute atomic E-state index is 5.95. The minimum absolute atomic E-state index is 0. The van der Waals surface area contributed by atoms with Crippen molar-refractivity contribution in [2.75, 3.05) is 7.11 Å². The van der Waals surface area contributed by atoms with Gasteiger partial charge >= 0.3 is 0 Å². The van der Waals surface area contributed by atoms with Crippen molar-refractivity contribution in [1.29, 1.82) is 0 Å². The molecular formula is C17H22ClN5O2. The molecule has 0 fully saturated rings. The Morgan fingerprint density at radius 3 is 2.52 bits per heavy atom. The zero-order valence-electron chi connectivity index (χ0n) is 14.4. The van der Waals surface area contributed by atoms with Gasteiger partial charge < -0.3 is 16.2 Å². The molecule has 2 aromatic rings. The molecule has 134 valence electrons. The predicted molar refractivity (Wildman–Crippen MR) is 102 cm³/mol. The monoisotopic (exact) mass is 363 g/mol. The Labute approximate surface area is 152 Å². The molecule has 0 aromatic heterocycles. The Morgan fingerprint density at radius 1 is 1.12 bits per heavy atom. The predicted octanol–water partition coefficient (Wildman–Crippen LogP) is 2.38. The number of methoxy groups -OCH3 is 1. The molecule has 25 heavy (non-hydrogen) atoms. The zero-order valence-corrected chi connectivity index (χ0v) is 15.2. The first-order valence-corrected chi connectivity index (χ1v) is 7.59. The second-order valence-corrected chi connectivity index (χ2v) is 5.97. The SMILES string of the molecule is COc1ccc2ccccc2c1CON1C(N)=NC(N)=NC1(C)C.Cl. The Morgan fingerprint density at radius 2 is 1.84 bits per heavy atom. The first-order valence-electron chi connectivity index (χ1n) is 7.59. The lowest BCUT2D eigenvalue weighted by atomic mass is 10.0. The normalized spacial score (nSPS) is 16.0. The van der Waals surface area contributed by atoms with Crippen molar-refractivity contribution in [3.8, 4) is 5.75 Å². The third-order valence-electron chi connectivity index (χ3n) is 3.88. The minimum Gasteiger partial charge on any atom is -0.496 e. The summed E-state index contributed by atoms with van der Waals surface area (Å²) in [6.45, 7) is 3.96. The summed E-state index contributed by atoms with van der Waals surface area (Å²) in [6, 6.07) is 12.0. The van der Waals surface area contributed by atoms with E-state index in [1.165, 1.54) is 5.06 Å². The van der Waals surface area contributed by atoms with Crippen LogP contribution in [0.4, 0.5) is 0 Å². The van der Waals surface area contributed by atoms with E-state index in [9.17, 15) is 0 Å². The fraction of sp³-hybridized carbons (Fsp3) is 0.294. The molecule has 0 bridgehead atoms.